The van der Waals surface area contributed by atoms with Crippen LogP contribution in [0.1, 0.15) is 49.8 Å². The summed E-state index contributed by atoms with van der Waals surface area (Å²) in [5, 5.41) is 9.35. The zero-order chi connectivity index (χ0) is 13.0. The van der Waals surface area contributed by atoms with Crippen LogP contribution in [0.3, 0.4) is 0 Å². The van der Waals surface area contributed by atoms with E-state index in [9.17, 15) is 0 Å². The van der Waals surface area contributed by atoms with Crippen molar-refractivity contribution in [2.75, 3.05) is 0 Å². The fourth-order valence-electron chi connectivity index (χ4n) is 5.24. The van der Waals surface area contributed by atoms with Crippen LogP contribution in [0.4, 0.5) is 0 Å². The highest BCUT2D eigenvalue weighted by molar-refractivity contribution is 6.30. The average Bonchev–Trinajstić information content (AvgIpc) is 2.37. The van der Waals surface area contributed by atoms with Crippen LogP contribution in [0.2, 0.25) is 5.15 Å². The topological polar surface area (TPSA) is 36.7 Å². The van der Waals surface area contributed by atoms with Crippen molar-refractivity contribution < 1.29 is 0 Å². The highest BCUT2D eigenvalue weighted by atomic mass is 35.5. The number of hydrogen-bond acceptors (Lipinski definition) is 2. The Bertz CT molecular complexity index is 537. The molecule has 0 amide bonds. The van der Waals surface area contributed by atoms with Gasteiger partial charge in [-0.25, -0.2) is 4.98 Å². The number of aromatic nitrogens is 1. The summed E-state index contributed by atoms with van der Waals surface area (Å²) in [6, 6.07) is 6.01. The Morgan fingerprint density at radius 3 is 2.16 bits per heavy atom. The van der Waals surface area contributed by atoms with Gasteiger partial charge in [-0.05, 0) is 68.4 Å². The van der Waals surface area contributed by atoms with E-state index in [1.54, 1.807) is 0 Å². The fourth-order valence-corrected chi connectivity index (χ4v) is 5.43. The maximum Gasteiger partial charge on any atom is 0.147 e. The summed E-state index contributed by atoms with van der Waals surface area (Å²) in [4.78, 5) is 4.58. The molecule has 0 aromatic carbocycles. The molecule has 3 heteroatoms. The maximum atomic E-state index is 8.97. The third-order valence-electron chi connectivity index (χ3n) is 5.55. The largest absolute Gasteiger partial charge is 0.239 e. The minimum atomic E-state index is 0.270. The molecule has 4 aliphatic carbocycles. The molecule has 0 N–H and O–H groups in total. The van der Waals surface area contributed by atoms with Crippen LogP contribution < -0.4 is 0 Å². The Labute approximate surface area is 118 Å². The van der Waals surface area contributed by atoms with Gasteiger partial charge in [0.15, 0.2) is 0 Å². The van der Waals surface area contributed by atoms with Gasteiger partial charge in [-0.3, -0.25) is 0 Å². The molecule has 0 radical (unpaired) electrons. The summed E-state index contributed by atoms with van der Waals surface area (Å²) in [5.74, 6) is 2.72. The van der Waals surface area contributed by atoms with Gasteiger partial charge in [0.25, 0.3) is 0 Å². The number of halogens is 1. The second-order valence-corrected chi connectivity index (χ2v) is 7.20. The number of nitriles is 1. The van der Waals surface area contributed by atoms with Gasteiger partial charge in [0, 0.05) is 11.1 Å². The lowest BCUT2D eigenvalue weighted by Gasteiger charge is -2.56. The van der Waals surface area contributed by atoms with Crippen molar-refractivity contribution >= 4 is 11.6 Å². The van der Waals surface area contributed by atoms with E-state index in [1.165, 1.54) is 38.5 Å². The summed E-state index contributed by atoms with van der Waals surface area (Å²) in [5.41, 5.74) is 1.91. The first-order valence-corrected chi connectivity index (χ1v) is 7.63. The fraction of sp³-hybridized carbons (Fsp3) is 0.625. The van der Waals surface area contributed by atoms with Crippen LogP contribution in [-0.4, -0.2) is 4.98 Å². The molecule has 0 atom stereocenters. The van der Waals surface area contributed by atoms with Crippen LogP contribution in [0.5, 0.6) is 0 Å². The number of hydrogen-bond donors (Lipinski definition) is 0. The summed E-state index contributed by atoms with van der Waals surface area (Å²) in [6.45, 7) is 0. The first-order valence-electron chi connectivity index (χ1n) is 7.26. The SMILES string of the molecule is N#Cc1ccc(C23CC4CC(CC(C4)C2)C3)nc1Cl. The van der Waals surface area contributed by atoms with E-state index in [-0.39, 0.29) is 5.41 Å². The second kappa shape index (κ2) is 3.96. The Morgan fingerprint density at radius 1 is 1.11 bits per heavy atom. The third kappa shape index (κ3) is 1.71. The Morgan fingerprint density at radius 2 is 1.68 bits per heavy atom. The van der Waals surface area contributed by atoms with Gasteiger partial charge in [0.05, 0.1) is 5.56 Å². The van der Waals surface area contributed by atoms with Crippen molar-refractivity contribution in [3.8, 4) is 6.07 Å². The third-order valence-corrected chi connectivity index (χ3v) is 5.84. The Hall–Kier alpha value is -1.07. The molecule has 19 heavy (non-hydrogen) atoms. The van der Waals surface area contributed by atoms with E-state index in [0.717, 1.165) is 23.4 Å². The number of rotatable bonds is 1. The van der Waals surface area contributed by atoms with Gasteiger partial charge < -0.3 is 0 Å². The standard InChI is InChI=1S/C16H17ClN2/c17-15-13(9-18)1-2-14(19-15)16-6-10-3-11(7-16)5-12(4-10)8-16/h1-2,10-12H,3-8H2. The van der Waals surface area contributed by atoms with E-state index < -0.39 is 0 Å². The monoisotopic (exact) mass is 272 g/mol. The molecule has 0 aliphatic heterocycles. The zero-order valence-corrected chi connectivity index (χ0v) is 11.7. The normalized spacial score (nSPS) is 39.3. The first-order chi connectivity index (χ1) is 9.18. The van der Waals surface area contributed by atoms with Crippen LogP contribution in [-0.2, 0) is 5.41 Å². The maximum absolute atomic E-state index is 8.97. The van der Waals surface area contributed by atoms with Crippen LogP contribution in [0.15, 0.2) is 12.1 Å². The molecule has 4 aliphatic rings. The molecule has 1 heterocycles. The van der Waals surface area contributed by atoms with Gasteiger partial charge in [-0.2, -0.15) is 5.26 Å². The van der Waals surface area contributed by atoms with E-state index in [1.807, 2.05) is 6.07 Å². The highest BCUT2D eigenvalue weighted by Crippen LogP contribution is 2.60. The highest BCUT2D eigenvalue weighted by Gasteiger charge is 2.52. The predicted octanol–water partition coefficient (Wildman–Crippen LogP) is 4.07. The van der Waals surface area contributed by atoms with Crippen LogP contribution >= 0.6 is 11.6 Å². The molecule has 5 rings (SSSR count). The lowest BCUT2D eigenvalue weighted by Crippen LogP contribution is -2.48. The average molecular weight is 273 g/mol. The lowest BCUT2D eigenvalue weighted by molar-refractivity contribution is -0.00719. The molecule has 0 saturated heterocycles. The number of nitrogens with zero attached hydrogens (tertiary/aromatic N) is 2. The van der Waals surface area contributed by atoms with Gasteiger partial charge in [-0.1, -0.05) is 11.6 Å². The molecule has 4 bridgehead atoms. The lowest BCUT2D eigenvalue weighted by atomic mass is 9.49. The summed E-state index contributed by atoms with van der Waals surface area (Å²) < 4.78 is 0. The van der Waals surface area contributed by atoms with E-state index in [4.69, 9.17) is 16.9 Å². The quantitative estimate of drug-likeness (QED) is 0.723. The summed E-state index contributed by atoms with van der Waals surface area (Å²) >= 11 is 6.14. The van der Waals surface area contributed by atoms with Gasteiger partial charge in [-0.15, -0.1) is 0 Å². The van der Waals surface area contributed by atoms with Crippen molar-refractivity contribution in [2.45, 2.75) is 43.9 Å². The van der Waals surface area contributed by atoms with Crippen molar-refractivity contribution in [3.05, 3.63) is 28.5 Å². The molecule has 1 aromatic heterocycles. The minimum Gasteiger partial charge on any atom is -0.239 e. The predicted molar refractivity (Wildman–Crippen MR) is 73.8 cm³/mol. The first kappa shape index (κ1) is 11.7. The summed E-state index contributed by atoms with van der Waals surface area (Å²) in [6.07, 6.45) is 8.16. The van der Waals surface area contributed by atoms with Crippen molar-refractivity contribution in [1.82, 2.24) is 4.98 Å². The van der Waals surface area contributed by atoms with Crippen LogP contribution in [0, 0.1) is 29.1 Å². The van der Waals surface area contributed by atoms with Gasteiger partial charge in [0.1, 0.15) is 11.2 Å². The molecule has 4 fully saturated rings. The molecule has 0 spiro atoms. The Balaban J connectivity index is 1.76. The molecule has 2 nitrogen and oxygen atoms in total. The second-order valence-electron chi connectivity index (χ2n) is 6.84. The molecular formula is C16H17ClN2. The Kier molecular flexibility index (Phi) is 2.45. The van der Waals surface area contributed by atoms with Crippen molar-refractivity contribution in [1.29, 1.82) is 5.26 Å². The van der Waals surface area contributed by atoms with Gasteiger partial charge >= 0.3 is 0 Å². The van der Waals surface area contributed by atoms with E-state index in [0.29, 0.717) is 10.7 Å². The van der Waals surface area contributed by atoms with Gasteiger partial charge in [0.2, 0.25) is 0 Å². The van der Waals surface area contributed by atoms with E-state index in [2.05, 4.69) is 17.1 Å². The minimum absolute atomic E-state index is 0.270. The smallest absolute Gasteiger partial charge is 0.147 e. The molecule has 0 unspecified atom stereocenters. The van der Waals surface area contributed by atoms with Crippen molar-refractivity contribution in [2.24, 2.45) is 17.8 Å². The molecule has 1 aromatic rings. The zero-order valence-electron chi connectivity index (χ0n) is 10.9. The molecule has 4 saturated carbocycles. The summed E-state index contributed by atoms with van der Waals surface area (Å²) in [7, 11) is 0. The van der Waals surface area contributed by atoms with E-state index >= 15 is 0 Å². The molecule has 98 valence electrons. The van der Waals surface area contributed by atoms with Crippen LogP contribution in [0.25, 0.3) is 0 Å². The van der Waals surface area contributed by atoms with Crippen molar-refractivity contribution in [3.63, 3.8) is 0 Å². The number of pyridine rings is 1. The molecular weight excluding hydrogens is 256 g/mol.